The molecule has 1 saturated heterocycles. The first-order valence-electron chi connectivity index (χ1n) is 13.6. The van der Waals surface area contributed by atoms with Crippen LogP contribution in [-0.4, -0.2) is 66.1 Å². The Bertz CT molecular complexity index is 1320. The number of amides is 4. The van der Waals surface area contributed by atoms with Crippen LogP contribution in [0.4, 0.5) is 4.79 Å². The molecule has 0 unspecified atom stereocenters. The van der Waals surface area contributed by atoms with Crippen molar-refractivity contribution in [2.24, 2.45) is 5.92 Å². The summed E-state index contributed by atoms with van der Waals surface area (Å²) >= 11 is 0. The van der Waals surface area contributed by atoms with Crippen molar-refractivity contribution in [2.75, 3.05) is 20.2 Å². The van der Waals surface area contributed by atoms with Crippen LogP contribution >= 0.6 is 0 Å². The molecule has 218 valence electrons. The molecule has 41 heavy (non-hydrogen) atoms. The Labute approximate surface area is 240 Å². The van der Waals surface area contributed by atoms with E-state index in [0.717, 1.165) is 16.7 Å². The lowest BCUT2D eigenvalue weighted by molar-refractivity contribution is -0.310. The number of benzene rings is 2. The van der Waals surface area contributed by atoms with E-state index in [4.69, 9.17) is 9.47 Å². The number of methoxy groups -OCH3 is 1. The van der Waals surface area contributed by atoms with Gasteiger partial charge in [0, 0.05) is 19.4 Å². The van der Waals surface area contributed by atoms with Gasteiger partial charge in [-0.05, 0) is 43.9 Å². The van der Waals surface area contributed by atoms with Crippen molar-refractivity contribution in [1.29, 1.82) is 0 Å². The highest BCUT2D eigenvalue weighted by Gasteiger charge is 2.62. The fourth-order valence-electron chi connectivity index (χ4n) is 5.41. The van der Waals surface area contributed by atoms with Gasteiger partial charge < -0.3 is 25.0 Å². The Morgan fingerprint density at radius 1 is 1.05 bits per heavy atom. The number of carbonyl (C=O) groups excluding carboxylic acids is 4. The summed E-state index contributed by atoms with van der Waals surface area (Å²) in [5, 5.41) is 5.33. The molecular weight excluding hydrogens is 524 g/mol. The van der Waals surface area contributed by atoms with Crippen LogP contribution in [0.1, 0.15) is 39.2 Å². The number of carbonyl (C=O) groups is 4. The smallest absolute Gasteiger partial charge is 0.408 e. The number of alkyl carbamates (subject to hydrolysis) is 1. The summed E-state index contributed by atoms with van der Waals surface area (Å²) in [5.74, 6) is -1.61. The summed E-state index contributed by atoms with van der Waals surface area (Å²) in [5.41, 5.74) is 3.55. The molecule has 10 heteroatoms. The van der Waals surface area contributed by atoms with E-state index in [1.54, 1.807) is 34.0 Å². The molecule has 1 heterocycles. The van der Waals surface area contributed by atoms with Crippen molar-refractivity contribution < 1.29 is 34.4 Å². The van der Waals surface area contributed by atoms with Crippen LogP contribution in [0.3, 0.4) is 0 Å². The van der Waals surface area contributed by atoms with Crippen LogP contribution in [0.2, 0.25) is 0 Å². The topological polar surface area (TPSA) is 142 Å². The molecule has 0 radical (unpaired) electrons. The normalized spacial score (nSPS) is 25.2. The van der Waals surface area contributed by atoms with Crippen molar-refractivity contribution in [3.05, 3.63) is 72.8 Å². The zero-order valence-electron chi connectivity index (χ0n) is 24.1. The van der Waals surface area contributed by atoms with Gasteiger partial charge in [-0.2, -0.15) is 0 Å². The van der Waals surface area contributed by atoms with E-state index in [1.807, 2.05) is 54.6 Å². The molecule has 4 amide bonds. The first kappa shape index (κ1) is 30.0. The predicted octanol–water partition coefficient (Wildman–Crippen LogP) is 2.15. The van der Waals surface area contributed by atoms with Crippen LogP contribution in [-0.2, 0) is 29.5 Å². The molecule has 5 N–H and O–H groups in total. The van der Waals surface area contributed by atoms with Crippen molar-refractivity contribution in [3.63, 3.8) is 0 Å². The lowest BCUT2D eigenvalue weighted by Gasteiger charge is -2.28. The van der Waals surface area contributed by atoms with Crippen molar-refractivity contribution >= 4 is 23.8 Å². The molecule has 1 aliphatic carbocycles. The van der Waals surface area contributed by atoms with E-state index in [1.165, 1.54) is 4.90 Å². The maximum absolute atomic E-state index is 13.7. The molecule has 2 fully saturated rings. The van der Waals surface area contributed by atoms with Crippen LogP contribution in [0.15, 0.2) is 67.3 Å². The fraction of sp³-hybridized carbons (Fsp3) is 0.419. The number of rotatable bonds is 9. The number of likely N-dealkylation sites (tertiary alicyclic amines) is 1. The minimum atomic E-state index is -1.13. The van der Waals surface area contributed by atoms with E-state index in [-0.39, 0.29) is 25.4 Å². The summed E-state index contributed by atoms with van der Waals surface area (Å²) in [7, 11) is 1.54. The van der Waals surface area contributed by atoms with Crippen molar-refractivity contribution in [3.8, 4) is 11.1 Å². The van der Waals surface area contributed by atoms with Gasteiger partial charge in [0.15, 0.2) is 5.54 Å². The maximum Gasteiger partial charge on any atom is 0.408 e. The third kappa shape index (κ3) is 6.34. The van der Waals surface area contributed by atoms with Gasteiger partial charge in [-0.1, -0.05) is 60.7 Å². The van der Waals surface area contributed by atoms with Gasteiger partial charge in [0.2, 0.25) is 11.8 Å². The lowest BCUT2D eigenvalue weighted by atomic mass is 9.89. The molecule has 2 aliphatic rings. The highest BCUT2D eigenvalue weighted by atomic mass is 16.6. The van der Waals surface area contributed by atoms with E-state index in [2.05, 4.69) is 22.9 Å². The number of quaternary nitrogens is 1. The predicted molar refractivity (Wildman–Crippen MR) is 152 cm³/mol. The van der Waals surface area contributed by atoms with Crippen molar-refractivity contribution in [2.45, 2.75) is 56.4 Å². The molecule has 1 saturated carbocycles. The lowest BCUT2D eigenvalue weighted by Crippen LogP contribution is -2.69. The summed E-state index contributed by atoms with van der Waals surface area (Å²) < 4.78 is 11.3. The van der Waals surface area contributed by atoms with E-state index in [9.17, 15) is 19.2 Å². The molecule has 0 spiro atoms. The van der Waals surface area contributed by atoms with Crippen LogP contribution in [0.5, 0.6) is 0 Å². The Morgan fingerprint density at radius 3 is 2.22 bits per heavy atom. The number of hydrogen-bond donors (Lipinski definition) is 3. The van der Waals surface area contributed by atoms with Gasteiger partial charge in [-0.25, -0.2) is 9.59 Å². The first-order valence-corrected chi connectivity index (χ1v) is 13.6. The second-order valence-electron chi connectivity index (χ2n) is 11.7. The van der Waals surface area contributed by atoms with E-state index in [0.29, 0.717) is 6.42 Å². The average Bonchev–Trinajstić information content (AvgIpc) is 3.51. The third-order valence-corrected chi connectivity index (χ3v) is 7.78. The van der Waals surface area contributed by atoms with Gasteiger partial charge in [0.25, 0.3) is 0 Å². The number of hydrogen-bond acceptors (Lipinski definition) is 6. The van der Waals surface area contributed by atoms with E-state index < -0.39 is 46.6 Å². The van der Waals surface area contributed by atoms with Crippen LogP contribution in [0, 0.1) is 5.92 Å². The zero-order valence-corrected chi connectivity index (χ0v) is 24.1. The quantitative estimate of drug-likeness (QED) is 0.399. The molecule has 4 atom stereocenters. The summed E-state index contributed by atoms with van der Waals surface area (Å²) in [4.78, 5) is 53.1. The fourth-order valence-corrected chi connectivity index (χ4v) is 5.41. The number of nitrogens with zero attached hydrogens (tertiary/aromatic N) is 1. The summed E-state index contributed by atoms with van der Waals surface area (Å²) in [6, 6.07) is 16.8. The molecule has 1 aliphatic heterocycles. The molecule has 4 rings (SSSR count). The second kappa shape index (κ2) is 11.5. The van der Waals surface area contributed by atoms with Crippen molar-refractivity contribution in [1.82, 2.24) is 15.5 Å². The Hall–Kier alpha value is -4.02. The highest BCUT2D eigenvalue weighted by Crippen LogP contribution is 2.45. The standard InChI is InChI=1S/C31H38N4O6/c1-6-22-16-31(22,27(32)38)34-26(37)24-17-30(40-5,19-35(24)25(36)18-33-28(39)41-29(2,3)4)23-14-12-21(13-15-23)20-10-8-7-9-11-20/h6-15,22,24H,1,16-19H2,2-5H3,(H2,32,38)(H,33,39)(H,34,37)/p+1/t22-,24+,30+,31-/m1/s1. The summed E-state index contributed by atoms with van der Waals surface area (Å²) in [6.45, 7) is 8.61. The van der Waals surface area contributed by atoms with Gasteiger partial charge in [0.1, 0.15) is 23.8 Å². The second-order valence-corrected chi connectivity index (χ2v) is 11.7. The number of nitrogens with one attached hydrogen (secondary N) is 2. The Morgan fingerprint density at radius 2 is 1.68 bits per heavy atom. The maximum atomic E-state index is 13.7. The average molecular weight is 564 g/mol. The van der Waals surface area contributed by atoms with Gasteiger partial charge in [-0.15, -0.1) is 6.58 Å². The number of ether oxygens (including phenoxy) is 2. The van der Waals surface area contributed by atoms with Crippen LogP contribution < -0.4 is 16.4 Å². The minimum Gasteiger partial charge on any atom is -0.444 e. The molecule has 2 aromatic carbocycles. The molecular formula is C31H39N4O6+. The Kier molecular flexibility index (Phi) is 8.37. The van der Waals surface area contributed by atoms with Gasteiger partial charge >= 0.3 is 12.0 Å². The molecule has 0 bridgehead atoms. The monoisotopic (exact) mass is 563 g/mol. The minimum absolute atomic E-state index is 0.0668. The largest absolute Gasteiger partial charge is 0.444 e. The molecule has 0 aromatic heterocycles. The highest BCUT2D eigenvalue weighted by molar-refractivity contribution is 5.95. The SMILES string of the molecule is C=C[C@@H]1C[C@]1(NC(=O)[C@@H]1C[C@@](OC)(c2ccc(-c3ccccc3)cc2)CN1C(=O)CNC(=O)OC(C)(C)C)C([NH3+])=O. The van der Waals surface area contributed by atoms with E-state index >= 15 is 0 Å². The van der Waals surface area contributed by atoms with Gasteiger partial charge in [-0.3, -0.25) is 15.3 Å². The Balaban J connectivity index is 1.60. The zero-order chi connectivity index (χ0) is 30.0. The first-order chi connectivity index (χ1) is 19.3. The van der Waals surface area contributed by atoms with Gasteiger partial charge in [0.05, 0.1) is 6.54 Å². The molecule has 10 nitrogen and oxygen atoms in total. The molecule has 2 aromatic rings. The van der Waals surface area contributed by atoms with Crippen LogP contribution in [0.25, 0.3) is 11.1 Å². The summed E-state index contributed by atoms with van der Waals surface area (Å²) in [6.07, 6.45) is 1.44. The third-order valence-electron chi connectivity index (χ3n) is 7.78.